The second-order valence-electron chi connectivity index (χ2n) is 2.97. The van der Waals surface area contributed by atoms with Crippen molar-refractivity contribution in [3.63, 3.8) is 0 Å². The minimum absolute atomic E-state index is 0.129. The topological polar surface area (TPSA) is 58.2 Å². The van der Waals surface area contributed by atoms with Crippen molar-refractivity contribution in [2.75, 3.05) is 16.4 Å². The maximum Gasteiger partial charge on any atom is 0.234 e. The lowest BCUT2D eigenvalue weighted by Gasteiger charge is -2.06. The van der Waals surface area contributed by atoms with Crippen molar-refractivity contribution in [2.45, 2.75) is 6.92 Å². The molecule has 0 aliphatic heterocycles. The highest BCUT2D eigenvalue weighted by Crippen LogP contribution is 2.14. The first kappa shape index (κ1) is 11.6. The standard InChI is InChI=1S/C10H12N2O2S/c1-7(13)11-8-3-2-4-9(5-8)12-10(14)6-15/h2-5,15H,6H2,1H3,(H,11,13)(H,12,14). The second kappa shape index (κ2) is 5.41. The summed E-state index contributed by atoms with van der Waals surface area (Å²) in [5.41, 5.74) is 1.29. The summed E-state index contributed by atoms with van der Waals surface area (Å²) in [6, 6.07) is 6.92. The first-order chi connectivity index (χ1) is 7.11. The van der Waals surface area contributed by atoms with E-state index in [0.717, 1.165) is 0 Å². The smallest absolute Gasteiger partial charge is 0.234 e. The molecule has 0 radical (unpaired) electrons. The van der Waals surface area contributed by atoms with E-state index in [9.17, 15) is 9.59 Å². The first-order valence-electron chi connectivity index (χ1n) is 4.40. The Balaban J connectivity index is 2.74. The zero-order valence-electron chi connectivity index (χ0n) is 8.28. The Morgan fingerprint density at radius 3 is 2.40 bits per heavy atom. The third kappa shape index (κ3) is 4.03. The molecule has 15 heavy (non-hydrogen) atoms. The summed E-state index contributed by atoms with van der Waals surface area (Å²) in [4.78, 5) is 21.8. The normalized spacial score (nSPS) is 9.47. The van der Waals surface area contributed by atoms with Crippen LogP contribution in [0.5, 0.6) is 0 Å². The number of amides is 2. The van der Waals surface area contributed by atoms with Gasteiger partial charge in [-0.3, -0.25) is 9.59 Å². The van der Waals surface area contributed by atoms with Crippen LogP contribution in [0.25, 0.3) is 0 Å². The Morgan fingerprint density at radius 1 is 1.27 bits per heavy atom. The van der Waals surface area contributed by atoms with Crippen LogP contribution in [0.15, 0.2) is 24.3 Å². The molecule has 2 amide bonds. The molecule has 0 aliphatic carbocycles. The zero-order chi connectivity index (χ0) is 11.3. The Hall–Kier alpha value is -1.49. The number of hydrogen-bond acceptors (Lipinski definition) is 3. The van der Waals surface area contributed by atoms with E-state index in [1.807, 2.05) is 0 Å². The van der Waals surface area contributed by atoms with Crippen LogP contribution in [0.2, 0.25) is 0 Å². The predicted molar refractivity (Wildman–Crippen MR) is 63.2 cm³/mol. The minimum Gasteiger partial charge on any atom is -0.326 e. The molecule has 0 aliphatic rings. The van der Waals surface area contributed by atoms with Crippen molar-refractivity contribution in [2.24, 2.45) is 0 Å². The summed E-state index contributed by atoms with van der Waals surface area (Å²) in [5, 5.41) is 5.27. The van der Waals surface area contributed by atoms with E-state index in [1.165, 1.54) is 6.92 Å². The number of carbonyl (C=O) groups is 2. The van der Waals surface area contributed by atoms with E-state index in [-0.39, 0.29) is 17.6 Å². The van der Waals surface area contributed by atoms with E-state index in [4.69, 9.17) is 0 Å². The van der Waals surface area contributed by atoms with E-state index in [1.54, 1.807) is 24.3 Å². The maximum absolute atomic E-state index is 11.0. The lowest BCUT2D eigenvalue weighted by molar-refractivity contribution is -0.114. The maximum atomic E-state index is 11.0. The summed E-state index contributed by atoms with van der Waals surface area (Å²) in [5.74, 6) is -0.198. The van der Waals surface area contributed by atoms with Gasteiger partial charge in [0.15, 0.2) is 0 Å². The average molecular weight is 224 g/mol. The van der Waals surface area contributed by atoms with Crippen molar-refractivity contribution in [3.05, 3.63) is 24.3 Å². The average Bonchev–Trinajstić information content (AvgIpc) is 2.17. The molecule has 1 aromatic rings. The van der Waals surface area contributed by atoms with E-state index < -0.39 is 0 Å². The van der Waals surface area contributed by atoms with Crippen molar-refractivity contribution < 1.29 is 9.59 Å². The Kier molecular flexibility index (Phi) is 4.17. The van der Waals surface area contributed by atoms with Crippen molar-refractivity contribution in [1.29, 1.82) is 0 Å². The number of rotatable bonds is 3. The van der Waals surface area contributed by atoms with E-state index in [0.29, 0.717) is 11.4 Å². The number of anilines is 2. The van der Waals surface area contributed by atoms with Gasteiger partial charge in [-0.05, 0) is 18.2 Å². The molecule has 0 unspecified atom stereocenters. The molecule has 0 heterocycles. The summed E-state index contributed by atoms with van der Waals surface area (Å²) >= 11 is 3.85. The third-order valence-corrected chi connectivity index (χ3v) is 1.90. The molecule has 2 N–H and O–H groups in total. The quantitative estimate of drug-likeness (QED) is 0.682. The van der Waals surface area contributed by atoms with Crippen LogP contribution in [-0.4, -0.2) is 17.6 Å². The number of carbonyl (C=O) groups excluding carboxylic acids is 2. The monoisotopic (exact) mass is 224 g/mol. The molecular formula is C10H12N2O2S. The summed E-state index contributed by atoms with van der Waals surface area (Å²) < 4.78 is 0. The molecule has 80 valence electrons. The van der Waals surface area contributed by atoms with Crippen molar-refractivity contribution >= 4 is 35.8 Å². The molecule has 0 saturated carbocycles. The van der Waals surface area contributed by atoms with Crippen LogP contribution < -0.4 is 10.6 Å². The first-order valence-corrected chi connectivity index (χ1v) is 5.03. The van der Waals surface area contributed by atoms with Crippen LogP contribution >= 0.6 is 12.6 Å². The Labute approximate surface area is 93.5 Å². The van der Waals surface area contributed by atoms with Crippen molar-refractivity contribution in [1.82, 2.24) is 0 Å². The van der Waals surface area contributed by atoms with Gasteiger partial charge in [0.2, 0.25) is 11.8 Å². The molecule has 0 spiro atoms. The van der Waals surface area contributed by atoms with Gasteiger partial charge in [0.25, 0.3) is 0 Å². The fourth-order valence-electron chi connectivity index (χ4n) is 1.08. The summed E-state index contributed by atoms with van der Waals surface area (Å²) in [6.07, 6.45) is 0. The molecule has 0 aromatic heterocycles. The Morgan fingerprint density at radius 2 is 1.87 bits per heavy atom. The van der Waals surface area contributed by atoms with Crippen LogP contribution in [0.3, 0.4) is 0 Å². The minimum atomic E-state index is -0.182. The van der Waals surface area contributed by atoms with Gasteiger partial charge in [0.1, 0.15) is 0 Å². The van der Waals surface area contributed by atoms with Crippen molar-refractivity contribution in [3.8, 4) is 0 Å². The molecule has 0 atom stereocenters. The van der Waals surface area contributed by atoms with Crippen LogP contribution in [0.4, 0.5) is 11.4 Å². The van der Waals surface area contributed by atoms with Gasteiger partial charge in [0, 0.05) is 18.3 Å². The lowest BCUT2D eigenvalue weighted by atomic mass is 10.2. The van der Waals surface area contributed by atoms with E-state index >= 15 is 0 Å². The highest BCUT2D eigenvalue weighted by molar-refractivity contribution is 7.81. The van der Waals surface area contributed by atoms with Gasteiger partial charge in [-0.1, -0.05) is 6.07 Å². The zero-order valence-corrected chi connectivity index (χ0v) is 9.17. The molecule has 0 fully saturated rings. The second-order valence-corrected chi connectivity index (χ2v) is 3.28. The predicted octanol–water partition coefficient (Wildman–Crippen LogP) is 1.51. The largest absolute Gasteiger partial charge is 0.326 e. The van der Waals surface area contributed by atoms with Gasteiger partial charge in [-0.15, -0.1) is 0 Å². The van der Waals surface area contributed by atoms with Crippen LogP contribution in [0.1, 0.15) is 6.92 Å². The molecule has 1 aromatic carbocycles. The number of thiol groups is 1. The molecule has 0 bridgehead atoms. The summed E-state index contributed by atoms with van der Waals surface area (Å²) in [7, 11) is 0. The number of nitrogens with one attached hydrogen (secondary N) is 2. The fourth-order valence-corrected chi connectivity index (χ4v) is 1.16. The van der Waals surface area contributed by atoms with E-state index in [2.05, 4.69) is 23.3 Å². The third-order valence-electron chi connectivity index (χ3n) is 1.61. The lowest BCUT2D eigenvalue weighted by Crippen LogP contribution is -2.13. The molecular weight excluding hydrogens is 212 g/mol. The SMILES string of the molecule is CC(=O)Nc1cccc(NC(=O)CS)c1. The number of hydrogen-bond donors (Lipinski definition) is 3. The fraction of sp³-hybridized carbons (Fsp3) is 0.200. The van der Waals surface area contributed by atoms with Crippen LogP contribution in [-0.2, 0) is 9.59 Å². The molecule has 0 saturated heterocycles. The Bertz CT molecular complexity index is 379. The number of benzene rings is 1. The highest BCUT2D eigenvalue weighted by atomic mass is 32.1. The van der Waals surface area contributed by atoms with Gasteiger partial charge < -0.3 is 10.6 Å². The molecule has 4 nitrogen and oxygen atoms in total. The van der Waals surface area contributed by atoms with Gasteiger partial charge in [-0.2, -0.15) is 12.6 Å². The van der Waals surface area contributed by atoms with Gasteiger partial charge in [-0.25, -0.2) is 0 Å². The molecule has 5 heteroatoms. The van der Waals surface area contributed by atoms with Gasteiger partial charge >= 0.3 is 0 Å². The molecule has 1 rings (SSSR count). The highest BCUT2D eigenvalue weighted by Gasteiger charge is 2.00. The summed E-state index contributed by atoms with van der Waals surface area (Å²) in [6.45, 7) is 1.43. The van der Waals surface area contributed by atoms with Gasteiger partial charge in [0.05, 0.1) is 5.75 Å². The van der Waals surface area contributed by atoms with Crippen LogP contribution in [0, 0.1) is 0 Å².